The molecule has 0 atom stereocenters. The molecule has 0 saturated carbocycles. The Morgan fingerprint density at radius 2 is 1.93 bits per heavy atom. The zero-order valence-electron chi connectivity index (χ0n) is 10.1. The van der Waals surface area contributed by atoms with Crippen molar-refractivity contribution in [1.82, 2.24) is 0 Å². The first kappa shape index (κ1) is 13.7. The maximum absolute atomic E-state index is 5.10. The SMILES string of the molecule is C=Cc1cc(C(C)C)ccc1ON.CC. The Kier molecular flexibility index (Phi) is 6.47. The second-order valence-electron chi connectivity index (χ2n) is 3.27. The fraction of sp³-hybridized carbons (Fsp3) is 0.385. The summed E-state index contributed by atoms with van der Waals surface area (Å²) in [5.41, 5.74) is 2.20. The Morgan fingerprint density at radius 3 is 2.33 bits per heavy atom. The molecule has 0 unspecified atom stereocenters. The van der Waals surface area contributed by atoms with E-state index in [-0.39, 0.29) is 0 Å². The summed E-state index contributed by atoms with van der Waals surface area (Å²) in [6.45, 7) is 12.0. The molecule has 1 aromatic carbocycles. The maximum atomic E-state index is 5.10. The number of rotatable bonds is 3. The normalized spacial score (nSPS) is 9.20. The molecule has 0 fully saturated rings. The van der Waals surface area contributed by atoms with Crippen LogP contribution in [0.1, 0.15) is 44.7 Å². The van der Waals surface area contributed by atoms with Crippen LogP contribution in [0, 0.1) is 0 Å². The summed E-state index contributed by atoms with van der Waals surface area (Å²) in [6, 6.07) is 5.92. The fourth-order valence-corrected chi connectivity index (χ4v) is 1.19. The van der Waals surface area contributed by atoms with Gasteiger partial charge >= 0.3 is 0 Å². The average molecular weight is 207 g/mol. The molecule has 0 amide bonds. The van der Waals surface area contributed by atoms with E-state index in [2.05, 4.69) is 20.4 Å². The third-order valence-electron chi connectivity index (χ3n) is 2.05. The van der Waals surface area contributed by atoms with Gasteiger partial charge in [0.1, 0.15) is 0 Å². The van der Waals surface area contributed by atoms with E-state index in [1.54, 1.807) is 6.08 Å². The minimum absolute atomic E-state index is 0.505. The zero-order chi connectivity index (χ0) is 11.8. The summed E-state index contributed by atoms with van der Waals surface area (Å²) >= 11 is 0. The molecule has 0 aliphatic rings. The quantitative estimate of drug-likeness (QED) is 0.766. The van der Waals surface area contributed by atoms with Gasteiger partial charge in [-0.25, -0.2) is 0 Å². The van der Waals surface area contributed by atoms with Crippen molar-refractivity contribution < 1.29 is 4.84 Å². The Balaban J connectivity index is 0.000000921. The summed E-state index contributed by atoms with van der Waals surface area (Å²) in [7, 11) is 0. The molecule has 0 radical (unpaired) electrons. The summed E-state index contributed by atoms with van der Waals surface area (Å²) in [5.74, 6) is 6.28. The van der Waals surface area contributed by atoms with Crippen LogP contribution in [0.4, 0.5) is 0 Å². The van der Waals surface area contributed by atoms with Crippen molar-refractivity contribution in [2.75, 3.05) is 0 Å². The first-order chi connectivity index (χ1) is 7.19. The minimum Gasteiger partial charge on any atom is -0.411 e. The molecule has 0 saturated heterocycles. The third kappa shape index (κ3) is 3.76. The topological polar surface area (TPSA) is 35.2 Å². The molecule has 2 nitrogen and oxygen atoms in total. The van der Waals surface area contributed by atoms with Crippen molar-refractivity contribution in [3.63, 3.8) is 0 Å². The smallest absolute Gasteiger partial charge is 0.154 e. The van der Waals surface area contributed by atoms with E-state index in [0.717, 1.165) is 5.56 Å². The fourth-order valence-electron chi connectivity index (χ4n) is 1.19. The molecule has 2 N–H and O–H groups in total. The van der Waals surface area contributed by atoms with E-state index in [4.69, 9.17) is 10.7 Å². The van der Waals surface area contributed by atoms with Gasteiger partial charge in [0.05, 0.1) is 0 Å². The monoisotopic (exact) mass is 207 g/mol. The number of hydrogen-bond acceptors (Lipinski definition) is 2. The molecule has 0 aliphatic heterocycles. The predicted octanol–water partition coefficient (Wildman–Crippen LogP) is 3.73. The molecule has 0 heterocycles. The van der Waals surface area contributed by atoms with Crippen LogP contribution < -0.4 is 10.7 Å². The van der Waals surface area contributed by atoms with Gasteiger partial charge in [0.15, 0.2) is 5.75 Å². The van der Waals surface area contributed by atoms with Crippen LogP contribution in [0.2, 0.25) is 0 Å². The predicted molar refractivity (Wildman–Crippen MR) is 66.8 cm³/mol. The van der Waals surface area contributed by atoms with Crippen LogP contribution >= 0.6 is 0 Å². The van der Waals surface area contributed by atoms with Crippen molar-refractivity contribution in [1.29, 1.82) is 0 Å². The molecule has 2 heteroatoms. The Hall–Kier alpha value is -1.28. The van der Waals surface area contributed by atoms with Crippen molar-refractivity contribution >= 4 is 6.08 Å². The molecule has 0 aliphatic carbocycles. The summed E-state index contributed by atoms with van der Waals surface area (Å²) in [4.78, 5) is 4.70. The van der Waals surface area contributed by atoms with Crippen molar-refractivity contribution in [2.45, 2.75) is 33.6 Å². The average Bonchev–Trinajstić information content (AvgIpc) is 2.30. The van der Waals surface area contributed by atoms with Crippen LogP contribution in [0.5, 0.6) is 5.75 Å². The van der Waals surface area contributed by atoms with Gasteiger partial charge in [0.2, 0.25) is 0 Å². The molecular formula is C13H21NO. The largest absolute Gasteiger partial charge is 0.411 e. The van der Waals surface area contributed by atoms with E-state index in [9.17, 15) is 0 Å². The highest BCUT2D eigenvalue weighted by molar-refractivity contribution is 5.57. The highest BCUT2D eigenvalue weighted by Gasteiger charge is 2.03. The van der Waals surface area contributed by atoms with Gasteiger partial charge in [0.25, 0.3) is 0 Å². The molecule has 1 rings (SSSR count). The van der Waals surface area contributed by atoms with Crippen LogP contribution in [0.25, 0.3) is 6.08 Å². The molecule has 0 aromatic heterocycles. The summed E-state index contributed by atoms with van der Waals surface area (Å²) < 4.78 is 0. The van der Waals surface area contributed by atoms with E-state index in [1.807, 2.05) is 32.0 Å². The van der Waals surface area contributed by atoms with Gasteiger partial charge in [-0.15, -0.1) is 0 Å². The molecule has 84 valence electrons. The summed E-state index contributed by atoms with van der Waals surface area (Å²) in [6.07, 6.45) is 1.74. The van der Waals surface area contributed by atoms with Crippen molar-refractivity contribution in [3.8, 4) is 5.75 Å². The molecule has 15 heavy (non-hydrogen) atoms. The lowest BCUT2D eigenvalue weighted by Gasteiger charge is -2.09. The zero-order valence-corrected chi connectivity index (χ0v) is 10.1. The van der Waals surface area contributed by atoms with Gasteiger partial charge in [0, 0.05) is 5.56 Å². The first-order valence-electron chi connectivity index (χ1n) is 5.32. The molecule has 0 spiro atoms. The second kappa shape index (κ2) is 7.07. The highest BCUT2D eigenvalue weighted by Crippen LogP contribution is 2.24. The lowest BCUT2D eigenvalue weighted by atomic mass is 10.0. The number of nitrogens with two attached hydrogens (primary N) is 1. The lowest BCUT2D eigenvalue weighted by Crippen LogP contribution is -2.03. The minimum atomic E-state index is 0.505. The Labute approximate surface area is 92.7 Å². The van der Waals surface area contributed by atoms with Crippen LogP contribution in [-0.2, 0) is 0 Å². The standard InChI is InChI=1S/C11H15NO.C2H6/c1-4-9-7-10(8(2)3)5-6-11(9)13-12;1-2/h4-8H,1,12H2,2-3H3;1-2H3. The van der Waals surface area contributed by atoms with Gasteiger partial charge in [-0.1, -0.05) is 46.4 Å². The van der Waals surface area contributed by atoms with Gasteiger partial charge < -0.3 is 4.84 Å². The Bertz CT molecular complexity index is 305. The van der Waals surface area contributed by atoms with Crippen LogP contribution in [0.3, 0.4) is 0 Å². The van der Waals surface area contributed by atoms with E-state index in [1.165, 1.54) is 5.56 Å². The summed E-state index contributed by atoms with van der Waals surface area (Å²) in [5, 5.41) is 0. The highest BCUT2D eigenvalue weighted by atomic mass is 16.6. The molecular weight excluding hydrogens is 186 g/mol. The molecule has 0 bridgehead atoms. The van der Waals surface area contributed by atoms with Crippen molar-refractivity contribution in [3.05, 3.63) is 35.9 Å². The van der Waals surface area contributed by atoms with Gasteiger partial charge in [-0.2, -0.15) is 5.90 Å². The van der Waals surface area contributed by atoms with E-state index in [0.29, 0.717) is 11.7 Å². The Morgan fingerprint density at radius 1 is 1.33 bits per heavy atom. The lowest BCUT2D eigenvalue weighted by molar-refractivity contribution is 0.333. The van der Waals surface area contributed by atoms with Gasteiger partial charge in [-0.05, 0) is 23.6 Å². The van der Waals surface area contributed by atoms with E-state index >= 15 is 0 Å². The van der Waals surface area contributed by atoms with Crippen LogP contribution in [-0.4, -0.2) is 0 Å². The van der Waals surface area contributed by atoms with Crippen molar-refractivity contribution in [2.24, 2.45) is 5.90 Å². The first-order valence-corrected chi connectivity index (χ1v) is 5.32. The number of benzene rings is 1. The third-order valence-corrected chi connectivity index (χ3v) is 2.05. The second-order valence-corrected chi connectivity index (χ2v) is 3.27. The van der Waals surface area contributed by atoms with E-state index < -0.39 is 0 Å². The maximum Gasteiger partial charge on any atom is 0.154 e. The molecule has 1 aromatic rings. The van der Waals surface area contributed by atoms with Gasteiger partial charge in [-0.3, -0.25) is 0 Å². The number of hydrogen-bond donors (Lipinski definition) is 1. The van der Waals surface area contributed by atoms with Crippen LogP contribution in [0.15, 0.2) is 24.8 Å².